The summed E-state index contributed by atoms with van der Waals surface area (Å²) < 4.78 is 7.07. The number of hydrogen-bond acceptors (Lipinski definition) is 1. The van der Waals surface area contributed by atoms with E-state index in [1.165, 1.54) is 17.3 Å². The van der Waals surface area contributed by atoms with E-state index in [-0.39, 0.29) is 0 Å². The van der Waals surface area contributed by atoms with Crippen molar-refractivity contribution in [3.8, 4) is 11.8 Å². The van der Waals surface area contributed by atoms with Crippen LogP contribution < -0.4 is 4.46 Å². The zero-order valence-electron chi connectivity index (χ0n) is 12.3. The maximum atomic E-state index is 5.60. The zero-order chi connectivity index (χ0) is 14.0. The van der Waals surface area contributed by atoms with E-state index in [0.29, 0.717) is 19.8 Å². The zero-order valence-corrected chi connectivity index (χ0v) is 14.0. The fourth-order valence-electron chi connectivity index (χ4n) is 1.87. The van der Waals surface area contributed by atoms with Gasteiger partial charge in [-0.15, -0.1) is 0 Å². The van der Waals surface area contributed by atoms with Gasteiger partial charge in [0.1, 0.15) is 0 Å². The number of benzene rings is 1. The van der Waals surface area contributed by atoms with Crippen LogP contribution in [0.15, 0.2) is 30.3 Å². The number of ether oxygens (including phenoxy) is 1. The fraction of sp³-hybridized carbons (Fsp3) is 0.556. The first-order valence-electron chi connectivity index (χ1n) is 7.60. The Morgan fingerprint density at radius 2 is 2.05 bits per heavy atom. The molecule has 2 heteroatoms. The van der Waals surface area contributed by atoms with Gasteiger partial charge in [0.25, 0.3) is 0 Å². The van der Waals surface area contributed by atoms with Crippen molar-refractivity contribution in [2.24, 2.45) is 5.92 Å². The van der Waals surface area contributed by atoms with E-state index in [9.17, 15) is 0 Å². The summed E-state index contributed by atoms with van der Waals surface area (Å²) in [5, 5.41) is 0. The minimum absolute atomic E-state index is 0.545. The molecule has 0 radical (unpaired) electrons. The molecule has 1 atom stereocenters. The predicted molar refractivity (Wildman–Crippen MR) is 86.4 cm³/mol. The molecule has 0 aromatic heterocycles. The summed E-state index contributed by atoms with van der Waals surface area (Å²) in [6.07, 6.45) is 5.84. The SMILES string of the molecule is CC(CC#CCCCOCC1CC1)[Se]c1ccccc1. The maximum absolute atomic E-state index is 5.60. The molecular formula is C18H24OSe. The van der Waals surface area contributed by atoms with Crippen LogP contribution in [0.3, 0.4) is 0 Å². The van der Waals surface area contributed by atoms with Gasteiger partial charge < -0.3 is 0 Å². The Morgan fingerprint density at radius 3 is 2.80 bits per heavy atom. The standard InChI is InChI=1S/C18H24OSe/c1-16(20-18-10-6-4-7-11-18)9-5-2-3-8-14-19-15-17-12-13-17/h4,6-7,10-11,16-17H,3,8-9,12-15H2,1H3. The predicted octanol–water partition coefficient (Wildman–Crippen LogP) is 3.42. The number of rotatable bonds is 8. The van der Waals surface area contributed by atoms with Crippen molar-refractivity contribution in [2.45, 2.75) is 43.8 Å². The van der Waals surface area contributed by atoms with Gasteiger partial charge in [0, 0.05) is 0 Å². The fourth-order valence-corrected chi connectivity index (χ4v) is 3.86. The van der Waals surface area contributed by atoms with Crippen LogP contribution >= 0.6 is 0 Å². The quantitative estimate of drug-likeness (QED) is 0.402. The Balaban J connectivity index is 1.49. The Morgan fingerprint density at radius 1 is 1.25 bits per heavy atom. The summed E-state index contributed by atoms with van der Waals surface area (Å²) in [5.74, 6) is 7.49. The molecule has 1 saturated carbocycles. The Labute approximate surface area is 129 Å². The van der Waals surface area contributed by atoms with E-state index in [4.69, 9.17) is 4.74 Å². The first-order chi connectivity index (χ1) is 9.84. The average Bonchev–Trinajstić information content (AvgIpc) is 3.27. The summed E-state index contributed by atoms with van der Waals surface area (Å²) in [6.45, 7) is 4.17. The third-order valence-electron chi connectivity index (χ3n) is 3.24. The van der Waals surface area contributed by atoms with E-state index < -0.39 is 0 Å². The van der Waals surface area contributed by atoms with Gasteiger partial charge in [-0.25, -0.2) is 0 Å². The van der Waals surface area contributed by atoms with Gasteiger partial charge >= 0.3 is 129 Å². The molecule has 0 amide bonds. The van der Waals surface area contributed by atoms with E-state index in [1.807, 2.05) is 0 Å². The summed E-state index contributed by atoms with van der Waals surface area (Å²) in [5.41, 5.74) is 0. The normalized spacial score (nSPS) is 15.4. The summed E-state index contributed by atoms with van der Waals surface area (Å²) in [4.78, 5) is 0.698. The second-order valence-corrected chi connectivity index (χ2v) is 8.59. The third kappa shape index (κ3) is 7.15. The van der Waals surface area contributed by atoms with Gasteiger partial charge in [0.15, 0.2) is 0 Å². The van der Waals surface area contributed by atoms with Crippen molar-refractivity contribution in [1.82, 2.24) is 0 Å². The van der Waals surface area contributed by atoms with Crippen LogP contribution in [0.5, 0.6) is 0 Å². The molecule has 0 bridgehead atoms. The van der Waals surface area contributed by atoms with Crippen molar-refractivity contribution >= 4 is 19.4 Å². The molecule has 1 fully saturated rings. The van der Waals surface area contributed by atoms with Crippen molar-refractivity contribution in [3.05, 3.63) is 30.3 Å². The van der Waals surface area contributed by atoms with Crippen LogP contribution in [-0.4, -0.2) is 28.2 Å². The van der Waals surface area contributed by atoms with Crippen molar-refractivity contribution in [2.75, 3.05) is 13.2 Å². The number of unbranched alkanes of at least 4 members (excludes halogenated alkanes) is 1. The van der Waals surface area contributed by atoms with Gasteiger partial charge in [0.2, 0.25) is 0 Å². The Kier molecular flexibility index (Phi) is 7.23. The van der Waals surface area contributed by atoms with Crippen LogP contribution in [0.2, 0.25) is 4.82 Å². The molecule has 1 nitrogen and oxygen atoms in total. The molecule has 1 unspecified atom stereocenters. The van der Waals surface area contributed by atoms with Crippen LogP contribution in [-0.2, 0) is 4.74 Å². The van der Waals surface area contributed by atoms with Crippen molar-refractivity contribution in [1.29, 1.82) is 0 Å². The van der Waals surface area contributed by atoms with Crippen molar-refractivity contribution < 1.29 is 4.74 Å². The first kappa shape index (κ1) is 15.6. The van der Waals surface area contributed by atoms with E-state index in [2.05, 4.69) is 49.1 Å². The Hall–Kier alpha value is -0.741. The molecule has 0 heterocycles. The van der Waals surface area contributed by atoms with Gasteiger partial charge in [-0.1, -0.05) is 0 Å². The molecule has 0 saturated heterocycles. The minimum atomic E-state index is 0.545. The molecule has 1 aliphatic carbocycles. The van der Waals surface area contributed by atoms with Crippen LogP contribution in [0, 0.1) is 17.8 Å². The third-order valence-corrected chi connectivity index (χ3v) is 5.57. The molecular weight excluding hydrogens is 311 g/mol. The molecule has 0 N–H and O–H groups in total. The summed E-state index contributed by atoms with van der Waals surface area (Å²) in [6, 6.07) is 10.8. The second kappa shape index (κ2) is 9.24. The molecule has 2 rings (SSSR count). The van der Waals surface area contributed by atoms with Gasteiger partial charge in [-0.3, -0.25) is 0 Å². The molecule has 1 aliphatic rings. The molecule has 0 aliphatic heterocycles. The van der Waals surface area contributed by atoms with E-state index >= 15 is 0 Å². The van der Waals surface area contributed by atoms with E-state index in [0.717, 1.165) is 38.4 Å². The topological polar surface area (TPSA) is 9.23 Å². The molecule has 108 valence electrons. The van der Waals surface area contributed by atoms with Crippen LogP contribution in [0.1, 0.15) is 39.0 Å². The monoisotopic (exact) mass is 336 g/mol. The molecule has 0 spiro atoms. The average molecular weight is 335 g/mol. The summed E-state index contributed by atoms with van der Waals surface area (Å²) >= 11 is 0.545. The van der Waals surface area contributed by atoms with Crippen molar-refractivity contribution in [3.63, 3.8) is 0 Å². The van der Waals surface area contributed by atoms with Crippen LogP contribution in [0.25, 0.3) is 0 Å². The first-order valence-corrected chi connectivity index (χ1v) is 9.44. The van der Waals surface area contributed by atoms with E-state index in [1.54, 1.807) is 0 Å². The van der Waals surface area contributed by atoms with Gasteiger partial charge in [-0.2, -0.15) is 0 Å². The van der Waals surface area contributed by atoms with Gasteiger partial charge in [0.05, 0.1) is 0 Å². The molecule has 1 aromatic rings. The van der Waals surface area contributed by atoms with Gasteiger partial charge in [-0.05, 0) is 0 Å². The molecule has 1 aromatic carbocycles. The molecule has 20 heavy (non-hydrogen) atoms. The Bertz CT molecular complexity index is 428. The second-order valence-electron chi connectivity index (χ2n) is 5.42. The summed E-state index contributed by atoms with van der Waals surface area (Å²) in [7, 11) is 0. The number of hydrogen-bond donors (Lipinski definition) is 0. The van der Waals surface area contributed by atoms with Crippen LogP contribution in [0.4, 0.5) is 0 Å².